The molecule has 1 unspecified atom stereocenters. The lowest BCUT2D eigenvalue weighted by Crippen LogP contribution is -2.32. The summed E-state index contributed by atoms with van der Waals surface area (Å²) >= 11 is 0. The topological polar surface area (TPSA) is 64.2 Å². The Morgan fingerprint density at radius 3 is 2.93 bits per heavy atom. The molecule has 0 N–H and O–H groups in total. The molecule has 1 atom stereocenters. The van der Waals surface area contributed by atoms with E-state index < -0.39 is 0 Å². The minimum absolute atomic E-state index is 0.0487. The van der Waals surface area contributed by atoms with E-state index >= 15 is 0 Å². The summed E-state index contributed by atoms with van der Waals surface area (Å²) in [6.45, 7) is 4.93. The second-order valence-corrected chi connectivity index (χ2v) is 8.37. The SMILES string of the molecule is CC(C)Cc1cc(C(=O)N2CCCC2c2ncc(Cc3cccc(F)c3)o2)n(C)n1. The molecule has 0 aliphatic carbocycles. The van der Waals surface area contributed by atoms with Gasteiger partial charge in [0.2, 0.25) is 5.89 Å². The van der Waals surface area contributed by atoms with Crippen molar-refractivity contribution in [2.75, 3.05) is 6.54 Å². The summed E-state index contributed by atoms with van der Waals surface area (Å²) in [6.07, 6.45) is 4.68. The first-order valence-electron chi connectivity index (χ1n) is 10.4. The first-order valence-corrected chi connectivity index (χ1v) is 10.4. The van der Waals surface area contributed by atoms with Gasteiger partial charge in [0, 0.05) is 20.0 Å². The van der Waals surface area contributed by atoms with Gasteiger partial charge in [-0.15, -0.1) is 0 Å². The maximum Gasteiger partial charge on any atom is 0.272 e. The van der Waals surface area contributed by atoms with Gasteiger partial charge in [0.15, 0.2) is 0 Å². The third-order valence-electron chi connectivity index (χ3n) is 5.40. The van der Waals surface area contributed by atoms with E-state index in [0.717, 1.165) is 30.5 Å². The van der Waals surface area contributed by atoms with Gasteiger partial charge >= 0.3 is 0 Å². The van der Waals surface area contributed by atoms with Crippen molar-refractivity contribution < 1.29 is 13.6 Å². The van der Waals surface area contributed by atoms with Crippen molar-refractivity contribution in [1.29, 1.82) is 0 Å². The van der Waals surface area contributed by atoms with Crippen LogP contribution in [0, 0.1) is 11.7 Å². The van der Waals surface area contributed by atoms with E-state index in [1.807, 2.05) is 24.1 Å². The Morgan fingerprint density at radius 2 is 2.17 bits per heavy atom. The second-order valence-electron chi connectivity index (χ2n) is 8.37. The quantitative estimate of drug-likeness (QED) is 0.607. The average molecular weight is 410 g/mol. The fourth-order valence-electron chi connectivity index (χ4n) is 4.07. The Hall–Kier alpha value is -2.96. The van der Waals surface area contributed by atoms with Gasteiger partial charge in [-0.05, 0) is 48.9 Å². The largest absolute Gasteiger partial charge is 0.443 e. The second kappa shape index (κ2) is 8.42. The summed E-state index contributed by atoms with van der Waals surface area (Å²) in [5.41, 5.74) is 2.34. The number of likely N-dealkylation sites (tertiary alicyclic amines) is 1. The summed E-state index contributed by atoms with van der Waals surface area (Å²) in [5, 5.41) is 4.50. The van der Waals surface area contributed by atoms with Crippen molar-refractivity contribution in [3.8, 4) is 0 Å². The normalized spacial score (nSPS) is 16.6. The van der Waals surface area contributed by atoms with Crippen LogP contribution in [0.5, 0.6) is 0 Å². The molecule has 30 heavy (non-hydrogen) atoms. The monoisotopic (exact) mass is 410 g/mol. The molecule has 0 radical (unpaired) electrons. The minimum Gasteiger partial charge on any atom is -0.443 e. The number of aromatic nitrogens is 3. The maximum atomic E-state index is 13.4. The Labute approximate surface area is 175 Å². The van der Waals surface area contributed by atoms with E-state index in [-0.39, 0.29) is 17.8 Å². The van der Waals surface area contributed by atoms with E-state index in [2.05, 4.69) is 23.9 Å². The van der Waals surface area contributed by atoms with Crippen molar-refractivity contribution in [3.63, 3.8) is 0 Å². The molecule has 4 rings (SSSR count). The Bertz CT molecular complexity index is 1040. The lowest BCUT2D eigenvalue weighted by atomic mass is 10.1. The number of hydrogen-bond donors (Lipinski definition) is 0. The van der Waals surface area contributed by atoms with E-state index in [1.54, 1.807) is 16.9 Å². The average Bonchev–Trinajstić information content (AvgIpc) is 3.40. The highest BCUT2D eigenvalue weighted by atomic mass is 19.1. The van der Waals surface area contributed by atoms with Gasteiger partial charge in [0.1, 0.15) is 23.3 Å². The number of carbonyl (C=O) groups excluding carboxylic acids is 1. The van der Waals surface area contributed by atoms with Gasteiger partial charge in [-0.25, -0.2) is 9.37 Å². The predicted molar refractivity (Wildman–Crippen MR) is 110 cm³/mol. The molecule has 3 heterocycles. The number of amides is 1. The van der Waals surface area contributed by atoms with Crippen LogP contribution in [-0.4, -0.2) is 32.1 Å². The standard InChI is InChI=1S/C23H27FN4O2/c1-15(2)10-18-13-21(27(3)26-18)23(29)28-9-5-8-20(28)22-25-14-19(30-22)12-16-6-4-7-17(24)11-16/h4,6-7,11,13-15,20H,5,8-10,12H2,1-3H3. The van der Waals surface area contributed by atoms with Gasteiger partial charge in [0.05, 0.1) is 11.9 Å². The van der Waals surface area contributed by atoms with Crippen LogP contribution in [0.3, 0.4) is 0 Å². The fourth-order valence-corrected chi connectivity index (χ4v) is 4.07. The zero-order valence-corrected chi connectivity index (χ0v) is 17.6. The van der Waals surface area contributed by atoms with E-state index in [0.29, 0.717) is 36.2 Å². The van der Waals surface area contributed by atoms with Crippen LogP contribution < -0.4 is 0 Å². The molecule has 1 fully saturated rings. The third-order valence-corrected chi connectivity index (χ3v) is 5.40. The molecule has 1 saturated heterocycles. The van der Waals surface area contributed by atoms with E-state index in [9.17, 15) is 9.18 Å². The summed E-state index contributed by atoms with van der Waals surface area (Å²) in [7, 11) is 1.81. The first-order chi connectivity index (χ1) is 14.4. The number of halogens is 1. The summed E-state index contributed by atoms with van der Waals surface area (Å²) in [4.78, 5) is 19.5. The Balaban J connectivity index is 1.51. The van der Waals surface area contributed by atoms with Crippen LogP contribution in [0.1, 0.15) is 66.1 Å². The maximum absolute atomic E-state index is 13.4. The van der Waals surface area contributed by atoms with Crippen LogP contribution in [0.2, 0.25) is 0 Å². The van der Waals surface area contributed by atoms with Crippen molar-refractivity contribution in [2.24, 2.45) is 13.0 Å². The highest BCUT2D eigenvalue weighted by Crippen LogP contribution is 2.33. The molecule has 7 heteroatoms. The summed E-state index contributed by atoms with van der Waals surface area (Å²) in [5.74, 6) is 1.36. The van der Waals surface area contributed by atoms with Crippen LogP contribution in [0.4, 0.5) is 4.39 Å². The lowest BCUT2D eigenvalue weighted by Gasteiger charge is -2.22. The molecule has 1 aliphatic rings. The molecule has 0 saturated carbocycles. The van der Waals surface area contributed by atoms with Gasteiger partial charge in [-0.2, -0.15) is 5.10 Å². The van der Waals surface area contributed by atoms with Gasteiger partial charge < -0.3 is 9.32 Å². The van der Waals surface area contributed by atoms with Crippen molar-refractivity contribution in [2.45, 2.75) is 45.6 Å². The number of hydrogen-bond acceptors (Lipinski definition) is 4. The minimum atomic E-state index is -0.271. The van der Waals surface area contributed by atoms with Gasteiger partial charge in [-0.3, -0.25) is 9.48 Å². The van der Waals surface area contributed by atoms with Crippen molar-refractivity contribution in [3.05, 3.63) is 70.9 Å². The highest BCUT2D eigenvalue weighted by Gasteiger charge is 2.35. The van der Waals surface area contributed by atoms with Crippen LogP contribution >= 0.6 is 0 Å². The van der Waals surface area contributed by atoms with Gasteiger partial charge in [-0.1, -0.05) is 26.0 Å². The van der Waals surface area contributed by atoms with Crippen LogP contribution in [0.15, 0.2) is 40.9 Å². The molecule has 0 spiro atoms. The molecule has 1 aromatic carbocycles. The van der Waals surface area contributed by atoms with Crippen LogP contribution in [0.25, 0.3) is 0 Å². The van der Waals surface area contributed by atoms with Crippen LogP contribution in [-0.2, 0) is 19.9 Å². The predicted octanol–water partition coefficient (Wildman–Crippen LogP) is 4.31. The molecule has 6 nitrogen and oxygen atoms in total. The molecule has 2 aromatic heterocycles. The van der Waals surface area contributed by atoms with E-state index in [4.69, 9.17) is 4.42 Å². The highest BCUT2D eigenvalue weighted by molar-refractivity contribution is 5.93. The molecular formula is C23H27FN4O2. The summed E-state index contributed by atoms with van der Waals surface area (Å²) < 4.78 is 21.1. The van der Waals surface area contributed by atoms with Gasteiger partial charge in [0.25, 0.3) is 5.91 Å². The molecule has 1 aliphatic heterocycles. The third kappa shape index (κ3) is 4.30. The molecular weight excluding hydrogens is 383 g/mol. The van der Waals surface area contributed by atoms with Crippen molar-refractivity contribution in [1.82, 2.24) is 19.7 Å². The number of nitrogens with zero attached hydrogens (tertiary/aromatic N) is 4. The molecule has 1 amide bonds. The molecule has 0 bridgehead atoms. The number of carbonyl (C=O) groups is 1. The van der Waals surface area contributed by atoms with E-state index in [1.165, 1.54) is 12.1 Å². The number of aryl methyl sites for hydroxylation is 1. The molecule has 3 aromatic rings. The lowest BCUT2D eigenvalue weighted by molar-refractivity contribution is 0.0703. The zero-order chi connectivity index (χ0) is 21.3. The number of oxazole rings is 1. The zero-order valence-electron chi connectivity index (χ0n) is 17.6. The number of rotatable bonds is 6. The Morgan fingerprint density at radius 1 is 1.33 bits per heavy atom. The Kier molecular flexibility index (Phi) is 5.70. The summed E-state index contributed by atoms with van der Waals surface area (Å²) in [6, 6.07) is 8.15. The van der Waals surface area contributed by atoms with Crippen molar-refractivity contribution >= 4 is 5.91 Å². The molecule has 158 valence electrons. The first kappa shape index (κ1) is 20.3. The smallest absolute Gasteiger partial charge is 0.272 e. The fraction of sp³-hybridized carbons (Fsp3) is 0.435. The number of benzene rings is 1.